The Hall–Kier alpha value is -1.22. The molecule has 1 fully saturated rings. The number of fused-ring (bicyclic) bond motifs is 1. The van der Waals surface area contributed by atoms with Crippen LogP contribution in [0.15, 0.2) is 12.1 Å². The number of rotatable bonds is 1. The standard InChI is InChI=1S/C13H13ClO3/c1-8(15)9-4-11-12(5-10(9)14)17-7-13(2-3-13)6-16-11/h4-5H,2-3,6-7H2,1H3. The SMILES string of the molecule is CC(=O)c1cc2c(cc1Cl)OCC1(CC1)CO2. The summed E-state index contributed by atoms with van der Waals surface area (Å²) in [6, 6.07) is 3.36. The Morgan fingerprint density at radius 1 is 1.24 bits per heavy atom. The van der Waals surface area contributed by atoms with E-state index in [0.29, 0.717) is 35.3 Å². The molecule has 4 heteroatoms. The lowest BCUT2D eigenvalue weighted by Crippen LogP contribution is -2.17. The number of ketones is 1. The van der Waals surface area contributed by atoms with E-state index in [0.717, 1.165) is 12.8 Å². The van der Waals surface area contributed by atoms with Gasteiger partial charge in [-0.05, 0) is 25.8 Å². The van der Waals surface area contributed by atoms with E-state index < -0.39 is 0 Å². The van der Waals surface area contributed by atoms with E-state index in [-0.39, 0.29) is 11.2 Å². The molecule has 1 spiro atoms. The summed E-state index contributed by atoms with van der Waals surface area (Å²) >= 11 is 6.04. The maximum absolute atomic E-state index is 11.4. The Labute approximate surface area is 105 Å². The molecule has 0 aromatic heterocycles. The summed E-state index contributed by atoms with van der Waals surface area (Å²) in [5, 5.41) is 0.423. The van der Waals surface area contributed by atoms with Crippen LogP contribution in [0.25, 0.3) is 0 Å². The first-order valence-electron chi connectivity index (χ1n) is 5.70. The second kappa shape index (κ2) is 3.64. The molecule has 1 saturated carbocycles. The van der Waals surface area contributed by atoms with Gasteiger partial charge in [-0.1, -0.05) is 11.6 Å². The predicted octanol–water partition coefficient (Wildman–Crippen LogP) is 3.09. The first-order chi connectivity index (χ1) is 8.10. The Morgan fingerprint density at radius 3 is 2.35 bits per heavy atom. The molecule has 1 aliphatic carbocycles. The van der Waals surface area contributed by atoms with Gasteiger partial charge in [0.05, 0.1) is 18.2 Å². The third-order valence-electron chi connectivity index (χ3n) is 3.44. The number of hydrogen-bond acceptors (Lipinski definition) is 3. The maximum atomic E-state index is 11.4. The van der Waals surface area contributed by atoms with Gasteiger partial charge in [-0.3, -0.25) is 4.79 Å². The van der Waals surface area contributed by atoms with E-state index >= 15 is 0 Å². The average molecular weight is 253 g/mol. The summed E-state index contributed by atoms with van der Waals surface area (Å²) in [6.07, 6.45) is 2.29. The highest BCUT2D eigenvalue weighted by molar-refractivity contribution is 6.34. The van der Waals surface area contributed by atoms with Gasteiger partial charge in [-0.25, -0.2) is 0 Å². The zero-order valence-electron chi connectivity index (χ0n) is 9.59. The number of benzene rings is 1. The van der Waals surface area contributed by atoms with Crippen molar-refractivity contribution in [1.29, 1.82) is 0 Å². The number of ether oxygens (including phenoxy) is 2. The van der Waals surface area contributed by atoms with Gasteiger partial charge in [0.1, 0.15) is 0 Å². The lowest BCUT2D eigenvalue weighted by molar-refractivity contribution is 0.101. The fourth-order valence-electron chi connectivity index (χ4n) is 2.00. The topological polar surface area (TPSA) is 35.5 Å². The monoisotopic (exact) mass is 252 g/mol. The largest absolute Gasteiger partial charge is 0.489 e. The summed E-state index contributed by atoms with van der Waals surface area (Å²) in [5.74, 6) is 1.21. The van der Waals surface area contributed by atoms with Crippen molar-refractivity contribution >= 4 is 17.4 Å². The Kier molecular flexibility index (Phi) is 2.33. The molecule has 1 aromatic carbocycles. The highest BCUT2D eigenvalue weighted by atomic mass is 35.5. The van der Waals surface area contributed by atoms with E-state index in [4.69, 9.17) is 21.1 Å². The highest BCUT2D eigenvalue weighted by Crippen LogP contribution is 2.49. The van der Waals surface area contributed by atoms with Crippen LogP contribution in [0.3, 0.4) is 0 Å². The van der Waals surface area contributed by atoms with Gasteiger partial charge < -0.3 is 9.47 Å². The van der Waals surface area contributed by atoms with E-state index in [1.807, 2.05) is 0 Å². The fourth-order valence-corrected chi connectivity index (χ4v) is 2.29. The molecular formula is C13H13ClO3. The molecule has 17 heavy (non-hydrogen) atoms. The van der Waals surface area contributed by atoms with Crippen LogP contribution in [0, 0.1) is 5.41 Å². The van der Waals surface area contributed by atoms with Crippen molar-refractivity contribution in [3.8, 4) is 11.5 Å². The number of carbonyl (C=O) groups is 1. The second-order valence-corrected chi connectivity index (χ2v) is 5.32. The number of Topliss-reactive ketones (excluding diaryl/α,β-unsaturated/α-hetero) is 1. The van der Waals surface area contributed by atoms with E-state index in [1.54, 1.807) is 12.1 Å². The van der Waals surface area contributed by atoms with Crippen LogP contribution in [-0.4, -0.2) is 19.0 Å². The van der Waals surface area contributed by atoms with Crippen LogP contribution in [0.1, 0.15) is 30.1 Å². The van der Waals surface area contributed by atoms with Gasteiger partial charge in [0.2, 0.25) is 0 Å². The molecule has 1 aliphatic heterocycles. The van der Waals surface area contributed by atoms with Crippen LogP contribution < -0.4 is 9.47 Å². The van der Waals surface area contributed by atoms with Gasteiger partial charge in [-0.15, -0.1) is 0 Å². The summed E-state index contributed by atoms with van der Waals surface area (Å²) in [4.78, 5) is 11.4. The summed E-state index contributed by atoms with van der Waals surface area (Å²) in [6.45, 7) is 2.84. The van der Waals surface area contributed by atoms with Crippen LogP contribution in [-0.2, 0) is 0 Å². The smallest absolute Gasteiger partial charge is 0.162 e. The lowest BCUT2D eigenvalue weighted by Gasteiger charge is -2.09. The Morgan fingerprint density at radius 2 is 1.82 bits per heavy atom. The zero-order valence-corrected chi connectivity index (χ0v) is 10.3. The van der Waals surface area contributed by atoms with Crippen LogP contribution in [0.4, 0.5) is 0 Å². The molecule has 90 valence electrons. The van der Waals surface area contributed by atoms with Gasteiger partial charge in [0.25, 0.3) is 0 Å². The molecule has 0 atom stereocenters. The molecule has 1 aromatic rings. The van der Waals surface area contributed by atoms with Crippen molar-refractivity contribution in [2.45, 2.75) is 19.8 Å². The predicted molar refractivity (Wildman–Crippen MR) is 64.1 cm³/mol. The minimum Gasteiger partial charge on any atom is -0.489 e. The minimum absolute atomic E-state index is 0.0632. The van der Waals surface area contributed by atoms with Gasteiger partial charge in [-0.2, -0.15) is 0 Å². The molecule has 3 nitrogen and oxygen atoms in total. The van der Waals surface area contributed by atoms with Crippen LogP contribution in [0.5, 0.6) is 11.5 Å². The number of carbonyl (C=O) groups excluding carboxylic acids is 1. The molecule has 0 unspecified atom stereocenters. The van der Waals surface area contributed by atoms with E-state index in [2.05, 4.69) is 0 Å². The number of halogens is 1. The fraction of sp³-hybridized carbons (Fsp3) is 0.462. The zero-order chi connectivity index (χ0) is 12.0. The average Bonchev–Trinajstić information content (AvgIpc) is 3.07. The van der Waals surface area contributed by atoms with Gasteiger partial charge >= 0.3 is 0 Å². The van der Waals surface area contributed by atoms with Crippen molar-refractivity contribution in [1.82, 2.24) is 0 Å². The Bertz CT molecular complexity index is 492. The van der Waals surface area contributed by atoms with Crippen molar-refractivity contribution in [3.05, 3.63) is 22.7 Å². The van der Waals surface area contributed by atoms with Gasteiger partial charge in [0.15, 0.2) is 17.3 Å². The molecule has 0 radical (unpaired) electrons. The maximum Gasteiger partial charge on any atom is 0.162 e. The molecule has 2 aliphatic rings. The second-order valence-electron chi connectivity index (χ2n) is 4.91. The van der Waals surface area contributed by atoms with Crippen LogP contribution >= 0.6 is 11.6 Å². The van der Waals surface area contributed by atoms with E-state index in [1.165, 1.54) is 6.92 Å². The summed E-state index contributed by atoms with van der Waals surface area (Å²) < 4.78 is 11.5. The molecular weight excluding hydrogens is 240 g/mol. The van der Waals surface area contributed by atoms with Crippen LogP contribution in [0.2, 0.25) is 5.02 Å². The van der Waals surface area contributed by atoms with Crippen molar-refractivity contribution in [2.24, 2.45) is 5.41 Å². The third kappa shape index (κ3) is 1.89. The quantitative estimate of drug-likeness (QED) is 0.721. The first kappa shape index (κ1) is 10.9. The summed E-state index contributed by atoms with van der Waals surface area (Å²) in [5.41, 5.74) is 0.683. The molecule has 1 heterocycles. The first-order valence-corrected chi connectivity index (χ1v) is 6.08. The molecule has 0 saturated heterocycles. The normalized spacial score (nSPS) is 19.9. The minimum atomic E-state index is -0.0632. The number of hydrogen-bond donors (Lipinski definition) is 0. The summed E-state index contributed by atoms with van der Waals surface area (Å²) in [7, 11) is 0. The van der Waals surface area contributed by atoms with Gasteiger partial charge in [0, 0.05) is 17.0 Å². The molecule has 0 bridgehead atoms. The van der Waals surface area contributed by atoms with Crippen molar-refractivity contribution in [2.75, 3.05) is 13.2 Å². The highest BCUT2D eigenvalue weighted by Gasteiger charge is 2.46. The molecule has 3 rings (SSSR count). The van der Waals surface area contributed by atoms with E-state index in [9.17, 15) is 4.79 Å². The Balaban J connectivity index is 1.98. The van der Waals surface area contributed by atoms with Crippen molar-refractivity contribution in [3.63, 3.8) is 0 Å². The third-order valence-corrected chi connectivity index (χ3v) is 3.75. The molecule has 0 amide bonds. The molecule has 0 N–H and O–H groups in total. The lowest BCUT2D eigenvalue weighted by atomic mass is 10.1. The van der Waals surface area contributed by atoms with Crippen molar-refractivity contribution < 1.29 is 14.3 Å².